The predicted octanol–water partition coefficient (Wildman–Crippen LogP) is 2.08. The molecular weight excluding hydrogens is 342 g/mol. The van der Waals surface area contributed by atoms with E-state index < -0.39 is 5.25 Å². The van der Waals surface area contributed by atoms with Crippen LogP contribution in [0.3, 0.4) is 0 Å². The van der Waals surface area contributed by atoms with Crippen molar-refractivity contribution in [2.75, 3.05) is 13.1 Å². The molecule has 3 amide bonds. The summed E-state index contributed by atoms with van der Waals surface area (Å²) in [5.41, 5.74) is 0. The number of nitrogens with one attached hydrogen (secondary N) is 1. The minimum Gasteiger partial charge on any atom is -0.467 e. The van der Waals surface area contributed by atoms with Crippen molar-refractivity contribution in [2.24, 2.45) is 0 Å². The number of aromatic nitrogens is 3. The molecule has 0 aromatic carbocycles. The SMILES string of the molecule is CC(C)c1nnc(S[C@H](C)C(=O)N2CCNC2=O)n1Cc1ccco1. The Labute approximate surface area is 150 Å². The highest BCUT2D eigenvalue weighted by Crippen LogP contribution is 2.27. The monoisotopic (exact) mass is 363 g/mol. The van der Waals surface area contributed by atoms with Crippen molar-refractivity contribution >= 4 is 23.7 Å². The van der Waals surface area contributed by atoms with Gasteiger partial charge in [0.2, 0.25) is 5.91 Å². The number of urea groups is 1. The van der Waals surface area contributed by atoms with Crippen LogP contribution in [0, 0.1) is 0 Å². The topological polar surface area (TPSA) is 93.3 Å². The number of nitrogens with zero attached hydrogens (tertiary/aromatic N) is 4. The molecule has 134 valence electrons. The molecule has 0 radical (unpaired) electrons. The maximum Gasteiger partial charge on any atom is 0.324 e. The molecule has 25 heavy (non-hydrogen) atoms. The van der Waals surface area contributed by atoms with E-state index in [-0.39, 0.29) is 17.9 Å². The first-order valence-corrected chi connectivity index (χ1v) is 9.06. The average Bonchev–Trinajstić information content (AvgIpc) is 3.29. The van der Waals surface area contributed by atoms with Crippen molar-refractivity contribution < 1.29 is 14.0 Å². The highest BCUT2D eigenvalue weighted by atomic mass is 32.2. The lowest BCUT2D eigenvalue weighted by Crippen LogP contribution is -2.39. The number of furan rings is 1. The molecule has 2 aromatic heterocycles. The van der Waals surface area contributed by atoms with Crippen molar-refractivity contribution in [1.82, 2.24) is 25.0 Å². The highest BCUT2D eigenvalue weighted by molar-refractivity contribution is 8.00. The van der Waals surface area contributed by atoms with Crippen LogP contribution < -0.4 is 5.32 Å². The standard InChI is InChI=1S/C16H21N5O3S/c1-10(2)13-18-19-16(21(13)9-12-5-4-8-24-12)25-11(3)14(22)20-7-6-17-15(20)23/h4-5,8,10-11H,6-7,9H2,1-3H3,(H,17,23)/t11-/m1/s1. The molecule has 0 aliphatic carbocycles. The Morgan fingerprint density at radius 1 is 1.40 bits per heavy atom. The number of amides is 3. The zero-order valence-electron chi connectivity index (χ0n) is 14.4. The molecule has 2 aromatic rings. The van der Waals surface area contributed by atoms with Gasteiger partial charge in [-0.1, -0.05) is 25.6 Å². The van der Waals surface area contributed by atoms with Gasteiger partial charge in [-0.2, -0.15) is 0 Å². The molecule has 0 saturated carbocycles. The molecule has 1 aliphatic heterocycles. The zero-order chi connectivity index (χ0) is 18.0. The van der Waals surface area contributed by atoms with Crippen LogP contribution in [-0.2, 0) is 11.3 Å². The van der Waals surface area contributed by atoms with Crippen LogP contribution in [0.5, 0.6) is 0 Å². The summed E-state index contributed by atoms with van der Waals surface area (Å²) in [7, 11) is 0. The number of thioether (sulfide) groups is 1. The first-order chi connectivity index (χ1) is 12.0. The summed E-state index contributed by atoms with van der Waals surface area (Å²) < 4.78 is 7.39. The van der Waals surface area contributed by atoms with E-state index in [9.17, 15) is 9.59 Å². The fraction of sp³-hybridized carbons (Fsp3) is 0.500. The van der Waals surface area contributed by atoms with Crippen molar-refractivity contribution in [3.05, 3.63) is 30.0 Å². The minimum absolute atomic E-state index is 0.187. The van der Waals surface area contributed by atoms with Gasteiger partial charge in [0.15, 0.2) is 5.16 Å². The highest BCUT2D eigenvalue weighted by Gasteiger charge is 2.31. The third kappa shape index (κ3) is 3.71. The molecule has 0 unspecified atom stereocenters. The van der Waals surface area contributed by atoms with Crippen LogP contribution in [0.15, 0.2) is 28.0 Å². The van der Waals surface area contributed by atoms with Crippen LogP contribution in [0.4, 0.5) is 4.79 Å². The minimum atomic E-state index is -0.441. The molecule has 3 rings (SSSR count). The van der Waals surface area contributed by atoms with Gasteiger partial charge in [-0.15, -0.1) is 10.2 Å². The molecular formula is C16H21N5O3S. The normalized spacial score (nSPS) is 15.7. The number of hydrogen-bond acceptors (Lipinski definition) is 6. The predicted molar refractivity (Wildman–Crippen MR) is 92.4 cm³/mol. The van der Waals surface area contributed by atoms with Gasteiger partial charge in [0.25, 0.3) is 0 Å². The summed E-state index contributed by atoms with van der Waals surface area (Å²) in [6.45, 7) is 7.26. The zero-order valence-corrected chi connectivity index (χ0v) is 15.2. The fourth-order valence-electron chi connectivity index (χ4n) is 2.63. The van der Waals surface area contributed by atoms with Gasteiger partial charge in [0, 0.05) is 19.0 Å². The Bertz CT molecular complexity index is 756. The van der Waals surface area contributed by atoms with Gasteiger partial charge < -0.3 is 9.73 Å². The largest absolute Gasteiger partial charge is 0.467 e. The van der Waals surface area contributed by atoms with E-state index in [1.54, 1.807) is 13.2 Å². The Morgan fingerprint density at radius 3 is 2.80 bits per heavy atom. The molecule has 1 aliphatic rings. The van der Waals surface area contributed by atoms with Crippen molar-refractivity contribution in [1.29, 1.82) is 0 Å². The van der Waals surface area contributed by atoms with E-state index in [2.05, 4.69) is 15.5 Å². The molecule has 1 saturated heterocycles. The molecule has 0 spiro atoms. The Kier molecular flexibility index (Phi) is 5.12. The Balaban J connectivity index is 1.79. The van der Waals surface area contributed by atoms with E-state index in [0.717, 1.165) is 11.6 Å². The second kappa shape index (κ2) is 7.30. The van der Waals surface area contributed by atoms with Crippen LogP contribution in [0.1, 0.15) is 38.3 Å². The van der Waals surface area contributed by atoms with E-state index in [0.29, 0.717) is 24.8 Å². The summed E-state index contributed by atoms with van der Waals surface area (Å²) in [6, 6.07) is 3.39. The van der Waals surface area contributed by atoms with Crippen LogP contribution in [-0.4, -0.2) is 49.9 Å². The van der Waals surface area contributed by atoms with Gasteiger partial charge in [0.1, 0.15) is 11.6 Å². The summed E-state index contributed by atoms with van der Waals surface area (Å²) in [4.78, 5) is 25.4. The lowest BCUT2D eigenvalue weighted by molar-refractivity contribution is -0.126. The number of hydrogen-bond donors (Lipinski definition) is 1. The van der Waals surface area contributed by atoms with E-state index >= 15 is 0 Å². The summed E-state index contributed by atoms with van der Waals surface area (Å²) in [5, 5.41) is 11.4. The molecule has 3 heterocycles. The fourth-order valence-corrected chi connectivity index (χ4v) is 3.55. The van der Waals surface area contributed by atoms with E-state index in [1.165, 1.54) is 16.7 Å². The number of carbonyl (C=O) groups is 2. The number of rotatable bonds is 6. The van der Waals surface area contributed by atoms with Gasteiger partial charge in [0.05, 0.1) is 18.1 Å². The van der Waals surface area contributed by atoms with Crippen LogP contribution in [0.2, 0.25) is 0 Å². The Morgan fingerprint density at radius 2 is 2.20 bits per heavy atom. The third-order valence-electron chi connectivity index (χ3n) is 3.91. The third-order valence-corrected chi connectivity index (χ3v) is 4.98. The quantitative estimate of drug-likeness (QED) is 0.790. The summed E-state index contributed by atoms with van der Waals surface area (Å²) in [5.74, 6) is 1.59. The maximum absolute atomic E-state index is 12.5. The first kappa shape index (κ1) is 17.5. The van der Waals surface area contributed by atoms with Crippen LogP contribution >= 0.6 is 11.8 Å². The second-order valence-corrected chi connectivity index (χ2v) is 7.45. The average molecular weight is 363 g/mol. The van der Waals surface area contributed by atoms with E-state index in [4.69, 9.17) is 4.42 Å². The summed E-state index contributed by atoms with van der Waals surface area (Å²) in [6.07, 6.45) is 1.62. The van der Waals surface area contributed by atoms with Gasteiger partial charge in [-0.3, -0.25) is 14.3 Å². The number of carbonyl (C=O) groups excluding carboxylic acids is 2. The lowest BCUT2D eigenvalue weighted by Gasteiger charge is -2.17. The smallest absolute Gasteiger partial charge is 0.324 e. The second-order valence-electron chi connectivity index (χ2n) is 6.14. The lowest BCUT2D eigenvalue weighted by atomic mass is 10.2. The van der Waals surface area contributed by atoms with Crippen LogP contribution in [0.25, 0.3) is 0 Å². The number of imide groups is 1. The maximum atomic E-state index is 12.5. The molecule has 1 N–H and O–H groups in total. The molecule has 0 bridgehead atoms. The molecule has 1 atom stereocenters. The Hall–Kier alpha value is -2.29. The van der Waals surface area contributed by atoms with Crippen molar-refractivity contribution in [3.63, 3.8) is 0 Å². The van der Waals surface area contributed by atoms with Crippen molar-refractivity contribution in [3.8, 4) is 0 Å². The first-order valence-electron chi connectivity index (χ1n) is 8.18. The molecule has 8 nitrogen and oxygen atoms in total. The van der Waals surface area contributed by atoms with Gasteiger partial charge in [-0.25, -0.2) is 4.79 Å². The molecule has 1 fully saturated rings. The van der Waals surface area contributed by atoms with Crippen molar-refractivity contribution in [2.45, 2.75) is 43.6 Å². The van der Waals surface area contributed by atoms with Gasteiger partial charge in [-0.05, 0) is 19.1 Å². The van der Waals surface area contributed by atoms with E-state index in [1.807, 2.05) is 30.5 Å². The van der Waals surface area contributed by atoms with Gasteiger partial charge >= 0.3 is 6.03 Å². The summed E-state index contributed by atoms with van der Waals surface area (Å²) >= 11 is 1.30. The molecule has 9 heteroatoms.